The van der Waals surface area contributed by atoms with Crippen molar-refractivity contribution in [2.24, 2.45) is 0 Å². The van der Waals surface area contributed by atoms with E-state index in [0.29, 0.717) is 9.51 Å². The number of fused-ring (bicyclic) bond motifs is 5. The first-order chi connectivity index (χ1) is 14.8. The van der Waals surface area contributed by atoms with Gasteiger partial charge in [0, 0.05) is 34.9 Å². The number of nitrogens with one attached hydrogen (secondary N) is 1. The van der Waals surface area contributed by atoms with Crippen LogP contribution in [0.1, 0.15) is 29.9 Å². The topological polar surface area (TPSA) is 73.9 Å². The normalized spacial score (nSPS) is 23.5. The predicted molar refractivity (Wildman–Crippen MR) is 115 cm³/mol. The molecule has 4 rings (SSSR count). The highest BCUT2D eigenvalue weighted by atomic mass is 35.5. The number of benzene rings is 2. The summed E-state index contributed by atoms with van der Waals surface area (Å²) in [6.45, 7) is 3.49. The predicted octanol–water partition coefficient (Wildman–Crippen LogP) is 4.02. The number of likely N-dealkylation sites (tertiary alicyclic amines) is 1. The number of rotatable bonds is 5. The van der Waals surface area contributed by atoms with Gasteiger partial charge in [0.15, 0.2) is 0 Å². The zero-order valence-corrected chi connectivity index (χ0v) is 18.4. The van der Waals surface area contributed by atoms with Crippen LogP contribution in [0.4, 0.5) is 4.79 Å². The Morgan fingerprint density at radius 1 is 1.10 bits per heavy atom. The van der Waals surface area contributed by atoms with Gasteiger partial charge < -0.3 is 19.5 Å². The number of carbonyl (C=O) groups is 2. The van der Waals surface area contributed by atoms with E-state index < -0.39 is 6.09 Å². The fourth-order valence-corrected chi connectivity index (χ4v) is 4.71. The molecule has 0 saturated carbocycles. The number of hydrogen-bond acceptors (Lipinski definition) is 5. The lowest BCUT2D eigenvalue weighted by atomic mass is 9.84. The third-order valence-electron chi connectivity index (χ3n) is 5.85. The van der Waals surface area contributed by atoms with Gasteiger partial charge in [-0.1, -0.05) is 29.8 Å². The van der Waals surface area contributed by atoms with Crippen molar-refractivity contribution in [1.82, 2.24) is 5.32 Å². The van der Waals surface area contributed by atoms with Gasteiger partial charge in [0.2, 0.25) is 6.73 Å². The van der Waals surface area contributed by atoms with Gasteiger partial charge in [0.05, 0.1) is 26.7 Å². The van der Waals surface area contributed by atoms with Crippen LogP contribution >= 0.6 is 11.6 Å². The quantitative estimate of drug-likeness (QED) is 0.427. The lowest BCUT2D eigenvalue weighted by molar-refractivity contribution is -0.915. The summed E-state index contributed by atoms with van der Waals surface area (Å²) in [7, 11) is 2.09. The highest BCUT2D eigenvalue weighted by Gasteiger charge is 2.48. The second-order valence-electron chi connectivity index (χ2n) is 8.35. The van der Waals surface area contributed by atoms with Crippen LogP contribution in [-0.2, 0) is 14.3 Å². The van der Waals surface area contributed by atoms with E-state index in [9.17, 15) is 9.59 Å². The highest BCUT2D eigenvalue weighted by Crippen LogP contribution is 2.51. The van der Waals surface area contributed by atoms with Crippen molar-refractivity contribution in [2.75, 3.05) is 40.0 Å². The Bertz CT molecular complexity index is 998. The zero-order valence-electron chi connectivity index (χ0n) is 17.6. The summed E-state index contributed by atoms with van der Waals surface area (Å²) in [4.78, 5) is 22.9. The zero-order chi connectivity index (χ0) is 22.0. The van der Waals surface area contributed by atoms with Crippen molar-refractivity contribution in [1.29, 1.82) is 0 Å². The Kier molecular flexibility index (Phi) is 6.07. The molecule has 0 aliphatic carbocycles. The van der Waals surface area contributed by atoms with Gasteiger partial charge in [0.25, 0.3) is 0 Å². The molecule has 1 saturated heterocycles. The average Bonchev–Trinajstić information content (AvgIpc) is 3.03. The van der Waals surface area contributed by atoms with E-state index in [2.05, 4.69) is 18.4 Å². The Morgan fingerprint density at radius 3 is 2.58 bits per heavy atom. The molecule has 1 amide bonds. The minimum atomic E-state index is -0.522. The molecule has 8 heteroatoms. The number of halogens is 1. The molecule has 164 valence electrons. The van der Waals surface area contributed by atoms with Crippen molar-refractivity contribution in [3.05, 3.63) is 58.6 Å². The molecule has 0 radical (unpaired) electrons. The molecule has 3 atom stereocenters. The molecule has 0 bridgehead atoms. The standard InChI is InChI=1S/C23H25ClN2O5/c1-15(27)29-10-9-25-23(28)30-14-26(2)12-19-17-5-3-4-6-21(17)31-22-8-7-16(24)11-18(22)20(19)13-26/h3-8,11,19-20H,9-10,12-14H2,1-2H3/p+1. The van der Waals surface area contributed by atoms with Crippen LogP contribution in [0.3, 0.4) is 0 Å². The van der Waals surface area contributed by atoms with Gasteiger partial charge in [0.1, 0.15) is 18.1 Å². The van der Waals surface area contributed by atoms with E-state index in [-0.39, 0.29) is 37.7 Å². The molecule has 2 aliphatic heterocycles. The van der Waals surface area contributed by atoms with E-state index in [0.717, 1.165) is 35.7 Å². The summed E-state index contributed by atoms with van der Waals surface area (Å²) in [6, 6.07) is 13.9. The highest BCUT2D eigenvalue weighted by molar-refractivity contribution is 6.30. The lowest BCUT2D eigenvalue weighted by Crippen LogP contribution is -2.45. The van der Waals surface area contributed by atoms with Crippen molar-refractivity contribution in [2.45, 2.75) is 18.8 Å². The number of para-hydroxylation sites is 1. The molecule has 3 unspecified atom stereocenters. The first-order valence-corrected chi connectivity index (χ1v) is 10.7. The second-order valence-corrected chi connectivity index (χ2v) is 8.78. The average molecular weight is 446 g/mol. The first-order valence-electron chi connectivity index (χ1n) is 10.3. The van der Waals surface area contributed by atoms with Crippen LogP contribution in [0.5, 0.6) is 11.5 Å². The molecular formula is C23H26ClN2O5+. The minimum absolute atomic E-state index is 0.120. The summed E-state index contributed by atoms with van der Waals surface area (Å²) in [5, 5.41) is 3.28. The van der Waals surface area contributed by atoms with E-state index in [4.69, 9.17) is 25.8 Å². The van der Waals surface area contributed by atoms with Crippen LogP contribution in [0.2, 0.25) is 5.02 Å². The van der Waals surface area contributed by atoms with Crippen LogP contribution in [-0.4, -0.2) is 56.6 Å². The fourth-order valence-electron chi connectivity index (χ4n) is 4.53. The monoisotopic (exact) mass is 445 g/mol. The van der Waals surface area contributed by atoms with Crippen molar-refractivity contribution in [3.63, 3.8) is 0 Å². The molecule has 2 aliphatic rings. The number of alkyl carbamates (subject to hydrolysis) is 1. The molecular weight excluding hydrogens is 420 g/mol. The molecule has 2 aromatic carbocycles. The summed E-state index contributed by atoms with van der Waals surface area (Å²) >= 11 is 6.32. The maximum absolute atomic E-state index is 12.1. The Labute approximate surface area is 186 Å². The number of esters is 1. The Hall–Kier alpha value is -2.77. The van der Waals surface area contributed by atoms with Crippen molar-refractivity contribution in [3.8, 4) is 11.5 Å². The summed E-state index contributed by atoms with van der Waals surface area (Å²) in [6.07, 6.45) is -0.522. The molecule has 2 aromatic rings. The number of carbonyl (C=O) groups excluding carboxylic acids is 2. The molecule has 1 N–H and O–H groups in total. The first kappa shape index (κ1) is 21.5. The van der Waals surface area contributed by atoms with Gasteiger partial charge >= 0.3 is 12.1 Å². The van der Waals surface area contributed by atoms with Crippen LogP contribution in [0, 0.1) is 0 Å². The maximum Gasteiger partial charge on any atom is 0.411 e. The summed E-state index contributed by atoms with van der Waals surface area (Å²) in [5.41, 5.74) is 2.24. The van der Waals surface area contributed by atoms with E-state index >= 15 is 0 Å². The van der Waals surface area contributed by atoms with E-state index in [1.54, 1.807) is 0 Å². The third kappa shape index (κ3) is 4.78. The molecule has 1 fully saturated rings. The summed E-state index contributed by atoms with van der Waals surface area (Å²) in [5.74, 6) is 1.71. The van der Waals surface area contributed by atoms with E-state index in [1.807, 2.05) is 36.4 Å². The number of amides is 1. The molecule has 31 heavy (non-hydrogen) atoms. The smallest absolute Gasteiger partial charge is 0.411 e. The lowest BCUT2D eigenvalue weighted by Gasteiger charge is -2.29. The molecule has 0 aromatic heterocycles. The van der Waals surface area contributed by atoms with Crippen LogP contribution in [0.25, 0.3) is 0 Å². The van der Waals surface area contributed by atoms with Gasteiger partial charge in [-0.2, -0.15) is 0 Å². The SMILES string of the molecule is CC(=O)OCCNC(=O)OC[N+]1(C)CC2c3ccccc3Oc3ccc(Cl)cc3C2C1. The van der Waals surface area contributed by atoms with Gasteiger partial charge in [-0.3, -0.25) is 9.28 Å². The second kappa shape index (κ2) is 8.77. The number of ether oxygens (including phenoxy) is 3. The number of likely N-dealkylation sites (N-methyl/N-ethyl adjacent to an activating group) is 1. The molecule has 2 heterocycles. The molecule has 7 nitrogen and oxygen atoms in total. The largest absolute Gasteiger partial charge is 0.464 e. The van der Waals surface area contributed by atoms with Crippen molar-refractivity contribution >= 4 is 23.7 Å². The van der Waals surface area contributed by atoms with Gasteiger partial charge in [-0.15, -0.1) is 0 Å². The fraction of sp³-hybridized carbons (Fsp3) is 0.391. The van der Waals surface area contributed by atoms with Gasteiger partial charge in [-0.25, -0.2) is 4.79 Å². The minimum Gasteiger partial charge on any atom is -0.464 e. The Morgan fingerprint density at radius 2 is 1.81 bits per heavy atom. The van der Waals surface area contributed by atoms with Crippen LogP contribution in [0.15, 0.2) is 42.5 Å². The number of hydrogen-bond donors (Lipinski definition) is 1. The molecule has 0 spiro atoms. The number of quaternary nitrogens is 1. The summed E-state index contributed by atoms with van der Waals surface area (Å²) < 4.78 is 17.1. The van der Waals surface area contributed by atoms with Crippen LogP contribution < -0.4 is 10.1 Å². The number of nitrogens with zero attached hydrogens (tertiary/aromatic N) is 1. The van der Waals surface area contributed by atoms with Crippen molar-refractivity contribution < 1.29 is 28.3 Å². The third-order valence-corrected chi connectivity index (χ3v) is 6.09. The maximum atomic E-state index is 12.1. The van der Waals surface area contributed by atoms with E-state index in [1.165, 1.54) is 6.92 Å². The Balaban J connectivity index is 1.49. The van der Waals surface area contributed by atoms with Gasteiger partial charge in [-0.05, 0) is 24.3 Å².